The second kappa shape index (κ2) is 4.65. The smallest absolute Gasteiger partial charge is 0.0417 e. The number of benzene rings is 1. The van der Waals surface area contributed by atoms with Gasteiger partial charge in [-0.3, -0.25) is 0 Å². The minimum absolute atomic E-state index is 0.785. The molecular formula is C11H13BrClN. The van der Waals surface area contributed by atoms with Crippen molar-refractivity contribution in [3.05, 3.63) is 33.3 Å². The Morgan fingerprint density at radius 3 is 3.00 bits per heavy atom. The maximum Gasteiger partial charge on any atom is 0.0417 e. The van der Waals surface area contributed by atoms with Gasteiger partial charge in [-0.25, -0.2) is 0 Å². The Morgan fingerprint density at radius 1 is 1.50 bits per heavy atom. The zero-order chi connectivity index (χ0) is 9.97. The lowest BCUT2D eigenvalue weighted by atomic mass is 9.99. The van der Waals surface area contributed by atoms with E-state index in [1.54, 1.807) is 0 Å². The van der Waals surface area contributed by atoms with Crippen LogP contribution in [0.4, 0.5) is 0 Å². The van der Waals surface area contributed by atoms with Crippen molar-refractivity contribution >= 4 is 27.5 Å². The third-order valence-electron chi connectivity index (χ3n) is 2.69. The van der Waals surface area contributed by atoms with Gasteiger partial charge in [-0.2, -0.15) is 0 Å². The zero-order valence-electron chi connectivity index (χ0n) is 7.89. The summed E-state index contributed by atoms with van der Waals surface area (Å²) in [6.07, 6.45) is 2.43. The third-order valence-corrected chi connectivity index (χ3v) is 3.66. The fourth-order valence-electron chi connectivity index (χ4n) is 1.89. The van der Waals surface area contributed by atoms with E-state index in [2.05, 4.69) is 27.3 Å². The molecule has 1 saturated heterocycles. The highest BCUT2D eigenvalue weighted by molar-refractivity contribution is 9.10. The summed E-state index contributed by atoms with van der Waals surface area (Å²) in [5.41, 5.74) is 1.36. The maximum absolute atomic E-state index is 5.89. The van der Waals surface area contributed by atoms with Crippen LogP contribution in [0.2, 0.25) is 5.02 Å². The van der Waals surface area contributed by atoms with Crippen LogP contribution in [-0.2, 0) is 6.42 Å². The Bertz CT molecular complexity index is 321. The Labute approximate surface area is 98.0 Å². The number of hydrogen-bond donors (Lipinski definition) is 1. The van der Waals surface area contributed by atoms with Gasteiger partial charge in [0.25, 0.3) is 0 Å². The SMILES string of the molecule is Clc1ccc(CC2CCNC2)c(Br)c1. The molecular weight excluding hydrogens is 261 g/mol. The zero-order valence-corrected chi connectivity index (χ0v) is 10.2. The van der Waals surface area contributed by atoms with E-state index >= 15 is 0 Å². The molecule has 1 aromatic rings. The Hall–Kier alpha value is -0.0500. The van der Waals surface area contributed by atoms with Gasteiger partial charge in [0.1, 0.15) is 0 Å². The Kier molecular flexibility index (Phi) is 3.47. The van der Waals surface area contributed by atoms with Crippen LogP contribution in [0.5, 0.6) is 0 Å². The fourth-order valence-corrected chi connectivity index (χ4v) is 2.73. The molecule has 1 fully saturated rings. The van der Waals surface area contributed by atoms with E-state index in [0.717, 1.165) is 34.9 Å². The van der Waals surface area contributed by atoms with E-state index in [0.29, 0.717) is 0 Å². The summed E-state index contributed by atoms with van der Waals surface area (Å²) < 4.78 is 1.14. The van der Waals surface area contributed by atoms with Crippen molar-refractivity contribution in [2.75, 3.05) is 13.1 Å². The average Bonchev–Trinajstić information content (AvgIpc) is 2.62. The van der Waals surface area contributed by atoms with Gasteiger partial charge in [0.2, 0.25) is 0 Å². The minimum Gasteiger partial charge on any atom is -0.316 e. The largest absolute Gasteiger partial charge is 0.316 e. The predicted octanol–water partition coefficient (Wildman–Crippen LogP) is 3.25. The Morgan fingerprint density at radius 2 is 2.36 bits per heavy atom. The molecule has 1 nitrogen and oxygen atoms in total. The van der Waals surface area contributed by atoms with Crippen LogP contribution in [0, 0.1) is 5.92 Å². The number of rotatable bonds is 2. The molecule has 1 heterocycles. The van der Waals surface area contributed by atoms with Crippen LogP contribution in [0.1, 0.15) is 12.0 Å². The van der Waals surface area contributed by atoms with Gasteiger partial charge >= 0.3 is 0 Å². The van der Waals surface area contributed by atoms with Crippen LogP contribution in [-0.4, -0.2) is 13.1 Å². The molecule has 1 aliphatic heterocycles. The Balaban J connectivity index is 2.08. The van der Waals surface area contributed by atoms with Crippen LogP contribution in [0.25, 0.3) is 0 Å². The number of hydrogen-bond acceptors (Lipinski definition) is 1. The molecule has 0 aliphatic carbocycles. The summed E-state index contributed by atoms with van der Waals surface area (Å²) >= 11 is 9.44. The fraction of sp³-hybridized carbons (Fsp3) is 0.455. The van der Waals surface area contributed by atoms with Gasteiger partial charge in [0, 0.05) is 9.50 Å². The molecule has 1 N–H and O–H groups in total. The van der Waals surface area contributed by atoms with Crippen molar-refractivity contribution < 1.29 is 0 Å². The van der Waals surface area contributed by atoms with Crippen molar-refractivity contribution in [3.8, 4) is 0 Å². The summed E-state index contributed by atoms with van der Waals surface area (Å²) in [5.74, 6) is 0.785. The van der Waals surface area contributed by atoms with Crippen LogP contribution >= 0.6 is 27.5 Å². The molecule has 0 radical (unpaired) electrons. The molecule has 0 aromatic heterocycles. The maximum atomic E-state index is 5.89. The second-order valence-electron chi connectivity index (χ2n) is 3.80. The van der Waals surface area contributed by atoms with Crippen molar-refractivity contribution in [1.82, 2.24) is 5.32 Å². The van der Waals surface area contributed by atoms with E-state index in [9.17, 15) is 0 Å². The van der Waals surface area contributed by atoms with Crippen LogP contribution < -0.4 is 5.32 Å². The van der Waals surface area contributed by atoms with Crippen LogP contribution in [0.15, 0.2) is 22.7 Å². The summed E-state index contributed by atoms with van der Waals surface area (Å²) in [4.78, 5) is 0. The summed E-state index contributed by atoms with van der Waals surface area (Å²) in [5, 5.41) is 4.18. The highest BCUT2D eigenvalue weighted by atomic mass is 79.9. The van der Waals surface area contributed by atoms with E-state index in [1.807, 2.05) is 12.1 Å². The molecule has 76 valence electrons. The highest BCUT2D eigenvalue weighted by Crippen LogP contribution is 2.25. The molecule has 0 spiro atoms. The van der Waals surface area contributed by atoms with Gasteiger partial charge in [-0.15, -0.1) is 0 Å². The summed E-state index contributed by atoms with van der Waals surface area (Å²) in [7, 11) is 0. The topological polar surface area (TPSA) is 12.0 Å². The molecule has 2 rings (SSSR count). The van der Waals surface area contributed by atoms with Gasteiger partial charge in [0.05, 0.1) is 0 Å². The van der Waals surface area contributed by atoms with Gasteiger partial charge in [0.15, 0.2) is 0 Å². The van der Waals surface area contributed by atoms with Crippen LogP contribution in [0.3, 0.4) is 0 Å². The minimum atomic E-state index is 0.785. The van der Waals surface area contributed by atoms with E-state index in [-0.39, 0.29) is 0 Å². The molecule has 1 atom stereocenters. The van der Waals surface area contributed by atoms with E-state index in [4.69, 9.17) is 11.6 Å². The standard InChI is InChI=1S/C11H13BrClN/c12-11-6-10(13)2-1-9(11)5-8-3-4-14-7-8/h1-2,6,8,14H,3-5,7H2. The quantitative estimate of drug-likeness (QED) is 0.873. The van der Waals surface area contributed by atoms with Gasteiger partial charge < -0.3 is 5.32 Å². The van der Waals surface area contributed by atoms with Gasteiger partial charge in [-0.05, 0) is 49.5 Å². The molecule has 3 heteroatoms. The monoisotopic (exact) mass is 273 g/mol. The summed E-state index contributed by atoms with van der Waals surface area (Å²) in [6.45, 7) is 2.31. The van der Waals surface area contributed by atoms with Crippen molar-refractivity contribution in [1.29, 1.82) is 0 Å². The van der Waals surface area contributed by atoms with E-state index < -0.39 is 0 Å². The first-order valence-electron chi connectivity index (χ1n) is 4.90. The van der Waals surface area contributed by atoms with Crippen molar-refractivity contribution in [2.45, 2.75) is 12.8 Å². The first-order chi connectivity index (χ1) is 6.75. The van der Waals surface area contributed by atoms with Gasteiger partial charge in [-0.1, -0.05) is 33.6 Å². The molecule has 1 aliphatic rings. The predicted molar refractivity (Wildman–Crippen MR) is 63.8 cm³/mol. The van der Waals surface area contributed by atoms with E-state index in [1.165, 1.54) is 12.0 Å². The number of nitrogens with one attached hydrogen (secondary N) is 1. The van der Waals surface area contributed by atoms with Crippen molar-refractivity contribution in [3.63, 3.8) is 0 Å². The third kappa shape index (κ3) is 2.50. The normalized spacial score (nSPS) is 21.4. The van der Waals surface area contributed by atoms with Crippen molar-refractivity contribution in [2.24, 2.45) is 5.92 Å². The molecule has 0 saturated carbocycles. The first kappa shape index (κ1) is 10.5. The molecule has 0 amide bonds. The first-order valence-corrected chi connectivity index (χ1v) is 6.07. The number of halogens is 2. The lowest BCUT2D eigenvalue weighted by molar-refractivity contribution is 0.579. The lowest BCUT2D eigenvalue weighted by Crippen LogP contribution is -2.10. The second-order valence-corrected chi connectivity index (χ2v) is 5.09. The molecule has 1 unspecified atom stereocenters. The lowest BCUT2D eigenvalue weighted by Gasteiger charge is -2.10. The molecule has 0 bridgehead atoms. The average molecular weight is 275 g/mol. The summed E-state index contributed by atoms with van der Waals surface area (Å²) in [6, 6.07) is 6.05. The molecule has 14 heavy (non-hydrogen) atoms. The highest BCUT2D eigenvalue weighted by Gasteiger charge is 2.15. The molecule has 1 aromatic carbocycles.